The fourth-order valence-electron chi connectivity index (χ4n) is 1.68. The van der Waals surface area contributed by atoms with Crippen LogP contribution in [0.5, 0.6) is 0 Å². The monoisotopic (exact) mass is 203 g/mol. The van der Waals surface area contributed by atoms with Crippen molar-refractivity contribution in [3.05, 3.63) is 0 Å². The van der Waals surface area contributed by atoms with E-state index < -0.39 is 17.2 Å². The van der Waals surface area contributed by atoms with Crippen LogP contribution in [-0.4, -0.2) is 57.0 Å². The van der Waals surface area contributed by atoms with Crippen LogP contribution in [0.4, 0.5) is 0 Å². The lowest BCUT2D eigenvalue weighted by atomic mass is 10.1. The number of nitrogens with zero attached hydrogens (tertiary/aromatic N) is 1. The fraction of sp³-hybridized carbons (Fsp3) is 0.889. The van der Waals surface area contributed by atoms with Crippen molar-refractivity contribution in [1.82, 2.24) is 4.90 Å². The zero-order chi connectivity index (χ0) is 11.0. The van der Waals surface area contributed by atoms with Crippen molar-refractivity contribution in [1.29, 1.82) is 0 Å². The molecule has 2 unspecified atom stereocenters. The van der Waals surface area contributed by atoms with Crippen molar-refractivity contribution in [2.75, 3.05) is 19.6 Å². The molecule has 1 saturated heterocycles. The highest BCUT2D eigenvalue weighted by Crippen LogP contribution is 2.21. The number of hydrogen-bond donors (Lipinski definition) is 3. The Morgan fingerprint density at radius 2 is 2.21 bits per heavy atom. The summed E-state index contributed by atoms with van der Waals surface area (Å²) in [5, 5.41) is 27.8. The smallest absolute Gasteiger partial charge is 0.336 e. The molecule has 0 spiro atoms. The van der Waals surface area contributed by atoms with Gasteiger partial charge in [-0.3, -0.25) is 4.90 Å². The number of carboxylic acid groups (broad SMARTS) is 1. The summed E-state index contributed by atoms with van der Waals surface area (Å²) >= 11 is 0. The van der Waals surface area contributed by atoms with Gasteiger partial charge in [0.05, 0.1) is 5.60 Å². The van der Waals surface area contributed by atoms with E-state index in [1.807, 2.05) is 0 Å². The van der Waals surface area contributed by atoms with Crippen LogP contribution in [0.25, 0.3) is 0 Å². The molecule has 14 heavy (non-hydrogen) atoms. The van der Waals surface area contributed by atoms with Crippen molar-refractivity contribution in [3.8, 4) is 0 Å². The molecule has 5 nitrogen and oxygen atoms in total. The molecule has 1 aliphatic rings. The number of hydrogen-bond acceptors (Lipinski definition) is 4. The molecule has 1 rings (SSSR count). The predicted octanol–water partition coefficient (Wildman–Crippen LogP) is -0.721. The standard InChI is InChI=1S/C9H17NO4/c1-8(13)3-4-10(5-8)6-9(2,14)7(11)12/h13-14H,3-6H2,1-2H3,(H,11,12). The van der Waals surface area contributed by atoms with Crippen molar-refractivity contribution in [2.45, 2.75) is 31.5 Å². The van der Waals surface area contributed by atoms with Crippen LogP contribution in [0, 0.1) is 0 Å². The summed E-state index contributed by atoms with van der Waals surface area (Å²) < 4.78 is 0. The molecular formula is C9H17NO4. The third kappa shape index (κ3) is 2.67. The zero-order valence-corrected chi connectivity index (χ0v) is 8.53. The molecule has 0 radical (unpaired) electrons. The Morgan fingerprint density at radius 1 is 1.64 bits per heavy atom. The topological polar surface area (TPSA) is 81.0 Å². The predicted molar refractivity (Wildman–Crippen MR) is 49.9 cm³/mol. The first-order valence-corrected chi connectivity index (χ1v) is 4.63. The number of aliphatic hydroxyl groups is 2. The molecule has 5 heteroatoms. The van der Waals surface area contributed by atoms with E-state index in [1.54, 1.807) is 11.8 Å². The minimum absolute atomic E-state index is 0.0541. The summed E-state index contributed by atoms with van der Waals surface area (Å²) in [6.45, 7) is 4.07. The van der Waals surface area contributed by atoms with Crippen LogP contribution < -0.4 is 0 Å². The summed E-state index contributed by atoms with van der Waals surface area (Å²) in [6, 6.07) is 0. The van der Waals surface area contributed by atoms with Crippen molar-refractivity contribution >= 4 is 5.97 Å². The SMILES string of the molecule is CC1(O)CCN(CC(C)(O)C(=O)O)C1. The van der Waals surface area contributed by atoms with Crippen molar-refractivity contribution < 1.29 is 20.1 Å². The lowest BCUT2D eigenvalue weighted by molar-refractivity contribution is -0.158. The van der Waals surface area contributed by atoms with E-state index in [2.05, 4.69) is 0 Å². The highest BCUT2D eigenvalue weighted by Gasteiger charge is 2.38. The van der Waals surface area contributed by atoms with Gasteiger partial charge in [0.2, 0.25) is 0 Å². The highest BCUT2D eigenvalue weighted by molar-refractivity contribution is 5.76. The largest absolute Gasteiger partial charge is 0.479 e. The Balaban J connectivity index is 2.51. The Labute approximate surface area is 83.0 Å². The van der Waals surface area contributed by atoms with Gasteiger partial charge in [-0.2, -0.15) is 0 Å². The summed E-state index contributed by atoms with van der Waals surface area (Å²) in [4.78, 5) is 12.4. The maximum Gasteiger partial charge on any atom is 0.336 e. The van der Waals surface area contributed by atoms with E-state index in [0.717, 1.165) is 0 Å². The number of carbonyl (C=O) groups is 1. The van der Waals surface area contributed by atoms with Gasteiger partial charge < -0.3 is 15.3 Å². The highest BCUT2D eigenvalue weighted by atomic mass is 16.4. The van der Waals surface area contributed by atoms with Crippen LogP contribution in [0.15, 0.2) is 0 Å². The Bertz CT molecular complexity index is 237. The molecule has 0 aromatic carbocycles. The van der Waals surface area contributed by atoms with E-state index in [1.165, 1.54) is 6.92 Å². The molecule has 1 heterocycles. The number of aliphatic carboxylic acids is 1. The first-order chi connectivity index (χ1) is 6.23. The Kier molecular flexibility index (Phi) is 2.85. The van der Waals surface area contributed by atoms with Gasteiger partial charge in [0.15, 0.2) is 5.60 Å². The van der Waals surface area contributed by atoms with Gasteiger partial charge in [-0.15, -0.1) is 0 Å². The molecule has 3 N–H and O–H groups in total. The Hall–Kier alpha value is -0.650. The summed E-state index contributed by atoms with van der Waals surface area (Å²) in [7, 11) is 0. The summed E-state index contributed by atoms with van der Waals surface area (Å²) in [6.07, 6.45) is 0.614. The molecule has 0 amide bonds. The molecule has 1 aliphatic heterocycles. The van der Waals surface area contributed by atoms with Gasteiger partial charge in [-0.05, 0) is 20.3 Å². The third-order valence-electron chi connectivity index (χ3n) is 2.52. The summed E-state index contributed by atoms with van der Waals surface area (Å²) in [5.74, 6) is -1.23. The van der Waals surface area contributed by atoms with Crippen molar-refractivity contribution in [3.63, 3.8) is 0 Å². The molecule has 0 bridgehead atoms. The van der Waals surface area contributed by atoms with Gasteiger partial charge >= 0.3 is 5.97 Å². The number of likely N-dealkylation sites (tertiary alicyclic amines) is 1. The lowest BCUT2D eigenvalue weighted by Crippen LogP contribution is -2.46. The maximum absolute atomic E-state index is 10.6. The molecule has 0 aliphatic carbocycles. The fourth-order valence-corrected chi connectivity index (χ4v) is 1.68. The minimum atomic E-state index is -1.74. The second-order valence-electron chi connectivity index (χ2n) is 4.54. The van der Waals surface area contributed by atoms with Gasteiger partial charge in [-0.25, -0.2) is 4.79 Å². The molecule has 0 aromatic rings. The third-order valence-corrected chi connectivity index (χ3v) is 2.52. The average Bonchev–Trinajstić information content (AvgIpc) is 2.28. The normalized spacial score (nSPS) is 32.9. The van der Waals surface area contributed by atoms with Gasteiger partial charge in [-0.1, -0.05) is 0 Å². The van der Waals surface area contributed by atoms with E-state index in [-0.39, 0.29) is 6.54 Å². The zero-order valence-electron chi connectivity index (χ0n) is 8.53. The first-order valence-electron chi connectivity index (χ1n) is 4.63. The maximum atomic E-state index is 10.6. The second kappa shape index (κ2) is 3.49. The van der Waals surface area contributed by atoms with E-state index in [9.17, 15) is 15.0 Å². The van der Waals surface area contributed by atoms with Crippen LogP contribution in [0.1, 0.15) is 20.3 Å². The first kappa shape index (κ1) is 11.4. The average molecular weight is 203 g/mol. The van der Waals surface area contributed by atoms with Gasteiger partial charge in [0, 0.05) is 19.6 Å². The van der Waals surface area contributed by atoms with Gasteiger partial charge in [0.1, 0.15) is 0 Å². The summed E-state index contributed by atoms with van der Waals surface area (Å²) in [5.41, 5.74) is -2.49. The van der Waals surface area contributed by atoms with Crippen LogP contribution in [-0.2, 0) is 4.79 Å². The number of β-amino-alcohol motifs (C(OH)–C–C–N with tert-alkyl or cyclic N) is 2. The molecule has 2 atom stereocenters. The Morgan fingerprint density at radius 3 is 2.57 bits per heavy atom. The van der Waals surface area contributed by atoms with Gasteiger partial charge in [0.25, 0.3) is 0 Å². The number of carboxylic acids is 1. The van der Waals surface area contributed by atoms with Crippen molar-refractivity contribution in [2.24, 2.45) is 0 Å². The number of rotatable bonds is 3. The van der Waals surface area contributed by atoms with E-state index in [0.29, 0.717) is 19.5 Å². The quantitative estimate of drug-likeness (QED) is 0.564. The molecule has 0 aromatic heterocycles. The van der Waals surface area contributed by atoms with Crippen LogP contribution in [0.3, 0.4) is 0 Å². The van der Waals surface area contributed by atoms with E-state index >= 15 is 0 Å². The molecular weight excluding hydrogens is 186 g/mol. The lowest BCUT2D eigenvalue weighted by Gasteiger charge is -2.25. The van der Waals surface area contributed by atoms with Crippen LogP contribution in [0.2, 0.25) is 0 Å². The molecule has 1 fully saturated rings. The minimum Gasteiger partial charge on any atom is -0.479 e. The molecule has 0 saturated carbocycles. The van der Waals surface area contributed by atoms with E-state index in [4.69, 9.17) is 5.11 Å². The molecule has 82 valence electrons. The van der Waals surface area contributed by atoms with Crippen LogP contribution >= 0.6 is 0 Å². The second-order valence-corrected chi connectivity index (χ2v) is 4.54.